The van der Waals surface area contributed by atoms with E-state index in [4.69, 9.17) is 14.2 Å². The molecule has 0 aromatic heterocycles. The summed E-state index contributed by atoms with van der Waals surface area (Å²) >= 11 is 0. The van der Waals surface area contributed by atoms with Crippen molar-refractivity contribution in [3.8, 4) is 0 Å². The number of rotatable bonds is 15. The number of methoxy groups -OCH3 is 1. The maximum absolute atomic E-state index is 12.2. The molecular formula is C24H42O6. The zero-order chi connectivity index (χ0) is 22.5. The van der Waals surface area contributed by atoms with Crippen LogP contribution < -0.4 is 0 Å². The van der Waals surface area contributed by atoms with Gasteiger partial charge in [-0.05, 0) is 40.0 Å². The molecule has 1 fully saturated rings. The van der Waals surface area contributed by atoms with Crippen LogP contribution in [0.2, 0.25) is 0 Å². The Morgan fingerprint density at radius 3 is 2.17 bits per heavy atom. The number of unbranched alkanes of at least 4 members (excludes halogenated alkanes) is 9. The molecule has 0 spiro atoms. The molecule has 0 aromatic rings. The highest BCUT2D eigenvalue weighted by Gasteiger charge is 2.45. The van der Waals surface area contributed by atoms with Crippen molar-refractivity contribution in [2.75, 3.05) is 26.9 Å². The van der Waals surface area contributed by atoms with E-state index < -0.39 is 17.0 Å². The first-order chi connectivity index (χ1) is 14.2. The second kappa shape index (κ2) is 13.8. The summed E-state index contributed by atoms with van der Waals surface area (Å²) in [5.41, 5.74) is -1.21. The van der Waals surface area contributed by atoms with Crippen LogP contribution in [0.4, 0.5) is 0 Å². The number of hydrogen-bond acceptors (Lipinski definition) is 6. The Morgan fingerprint density at radius 1 is 1.07 bits per heavy atom. The van der Waals surface area contributed by atoms with Crippen LogP contribution in [0.3, 0.4) is 0 Å². The molecule has 30 heavy (non-hydrogen) atoms. The molecule has 1 atom stereocenters. The van der Waals surface area contributed by atoms with Gasteiger partial charge in [-0.2, -0.15) is 0 Å². The molecule has 174 valence electrons. The molecule has 0 aliphatic carbocycles. The third-order valence-electron chi connectivity index (χ3n) is 5.39. The molecule has 0 aromatic carbocycles. The van der Waals surface area contributed by atoms with Crippen LogP contribution in [-0.4, -0.2) is 49.6 Å². The molecule has 1 heterocycles. The summed E-state index contributed by atoms with van der Waals surface area (Å²) in [7, 11) is 1.75. The maximum Gasteiger partial charge on any atom is 0.334 e. The zero-order valence-electron chi connectivity index (χ0n) is 19.5. The zero-order valence-corrected chi connectivity index (χ0v) is 19.5. The van der Waals surface area contributed by atoms with Crippen molar-refractivity contribution in [2.45, 2.75) is 97.0 Å². The maximum atomic E-state index is 12.2. The Kier molecular flexibility index (Phi) is 12.3. The second-order valence-electron chi connectivity index (χ2n) is 9.43. The second-order valence-corrected chi connectivity index (χ2v) is 9.43. The molecule has 1 aliphatic heterocycles. The fourth-order valence-corrected chi connectivity index (χ4v) is 3.41. The smallest absolute Gasteiger partial charge is 0.334 e. The first-order valence-electron chi connectivity index (χ1n) is 11.4. The largest absolute Gasteiger partial charge is 0.461 e. The van der Waals surface area contributed by atoms with Crippen molar-refractivity contribution in [2.24, 2.45) is 5.41 Å². The van der Waals surface area contributed by atoms with Crippen LogP contribution in [0.1, 0.15) is 91.4 Å². The van der Waals surface area contributed by atoms with Crippen molar-refractivity contribution in [3.63, 3.8) is 0 Å². The average Bonchev–Trinajstić information content (AvgIpc) is 3.02. The normalized spacial score (nSPS) is 20.6. The van der Waals surface area contributed by atoms with Crippen LogP contribution in [0.5, 0.6) is 0 Å². The van der Waals surface area contributed by atoms with E-state index in [1.165, 1.54) is 38.5 Å². The molecule has 1 N–H and O–H groups in total. The first kappa shape index (κ1) is 26.6. The summed E-state index contributed by atoms with van der Waals surface area (Å²) in [6.07, 6.45) is 14.0. The summed E-state index contributed by atoms with van der Waals surface area (Å²) in [5.74, 6) is -0.789. The molecular weight excluding hydrogens is 384 g/mol. The summed E-state index contributed by atoms with van der Waals surface area (Å²) in [5, 5.41) is 9.74. The molecule has 1 rings (SSSR count). The van der Waals surface area contributed by atoms with E-state index in [0.717, 1.165) is 32.3 Å². The lowest BCUT2D eigenvalue weighted by atomic mass is 9.96. The van der Waals surface area contributed by atoms with Crippen LogP contribution in [0, 0.1) is 5.41 Å². The first-order valence-corrected chi connectivity index (χ1v) is 11.4. The predicted molar refractivity (Wildman–Crippen MR) is 117 cm³/mol. The standard InChI is InChI=1S/C24H42O6/c1-23(2,3)22(27)29-19-24(18-25)17-20(21(26)30-24)15-13-11-9-7-5-6-8-10-12-14-16-28-4/h15,25H,5-14,16-19H2,1-4H3/b20-15+. The highest BCUT2D eigenvalue weighted by atomic mass is 16.6. The molecule has 1 saturated heterocycles. The van der Waals surface area contributed by atoms with Gasteiger partial charge in [0.05, 0.1) is 12.0 Å². The van der Waals surface area contributed by atoms with Crippen LogP contribution >= 0.6 is 0 Å². The van der Waals surface area contributed by atoms with Gasteiger partial charge in [-0.15, -0.1) is 0 Å². The summed E-state index contributed by atoms with van der Waals surface area (Å²) < 4.78 is 15.7. The van der Waals surface area contributed by atoms with Gasteiger partial charge in [0, 0.05) is 25.7 Å². The van der Waals surface area contributed by atoms with Gasteiger partial charge < -0.3 is 19.3 Å². The molecule has 1 aliphatic rings. The van der Waals surface area contributed by atoms with E-state index in [2.05, 4.69) is 0 Å². The van der Waals surface area contributed by atoms with Crippen LogP contribution in [0.25, 0.3) is 0 Å². The van der Waals surface area contributed by atoms with Gasteiger partial charge in [-0.3, -0.25) is 4.79 Å². The van der Waals surface area contributed by atoms with Gasteiger partial charge >= 0.3 is 11.9 Å². The Hall–Kier alpha value is -1.40. The molecule has 1 unspecified atom stereocenters. The SMILES string of the molecule is COCCCCCCCCCCC/C=C1\CC(CO)(COC(=O)C(C)(C)C)OC1=O. The fraction of sp³-hybridized carbons (Fsp3) is 0.833. The van der Waals surface area contributed by atoms with Gasteiger partial charge in [-0.1, -0.05) is 51.0 Å². The highest BCUT2D eigenvalue weighted by Crippen LogP contribution is 2.32. The molecule has 0 amide bonds. The van der Waals surface area contributed by atoms with Crippen molar-refractivity contribution >= 4 is 11.9 Å². The van der Waals surface area contributed by atoms with E-state index >= 15 is 0 Å². The van der Waals surface area contributed by atoms with E-state index in [1.54, 1.807) is 27.9 Å². The monoisotopic (exact) mass is 426 g/mol. The van der Waals surface area contributed by atoms with Gasteiger partial charge in [0.1, 0.15) is 6.61 Å². The molecule has 0 radical (unpaired) electrons. The average molecular weight is 427 g/mol. The number of aliphatic hydroxyl groups is 1. The van der Waals surface area contributed by atoms with Crippen molar-refractivity contribution in [1.29, 1.82) is 0 Å². The number of carbonyl (C=O) groups excluding carboxylic acids is 2. The fourth-order valence-electron chi connectivity index (χ4n) is 3.41. The minimum Gasteiger partial charge on any atom is -0.461 e. The highest BCUT2D eigenvalue weighted by molar-refractivity contribution is 5.91. The van der Waals surface area contributed by atoms with Crippen LogP contribution in [0.15, 0.2) is 11.6 Å². The van der Waals surface area contributed by atoms with Crippen molar-refractivity contribution in [3.05, 3.63) is 11.6 Å². The Balaban J connectivity index is 2.23. The lowest BCUT2D eigenvalue weighted by Gasteiger charge is -2.26. The van der Waals surface area contributed by atoms with E-state index in [1.807, 2.05) is 6.08 Å². The number of cyclic esters (lactones) is 1. The van der Waals surface area contributed by atoms with E-state index in [-0.39, 0.29) is 25.6 Å². The summed E-state index contributed by atoms with van der Waals surface area (Å²) in [4.78, 5) is 24.1. The minimum atomic E-state index is -1.15. The Morgan fingerprint density at radius 2 is 1.63 bits per heavy atom. The molecule has 6 nitrogen and oxygen atoms in total. The number of aliphatic hydroxyl groups excluding tert-OH is 1. The van der Waals surface area contributed by atoms with E-state index in [0.29, 0.717) is 5.57 Å². The summed E-state index contributed by atoms with van der Waals surface area (Å²) in [6.45, 7) is 5.67. The third kappa shape index (κ3) is 10.1. The predicted octanol–water partition coefficient (Wildman–Crippen LogP) is 4.73. The van der Waals surface area contributed by atoms with Crippen molar-refractivity contribution < 1.29 is 28.9 Å². The van der Waals surface area contributed by atoms with Gasteiger partial charge in [0.2, 0.25) is 0 Å². The lowest BCUT2D eigenvalue weighted by molar-refractivity contribution is -0.171. The number of ether oxygens (including phenoxy) is 3. The number of hydrogen-bond donors (Lipinski definition) is 1. The molecule has 0 saturated carbocycles. The number of carbonyl (C=O) groups is 2. The third-order valence-corrected chi connectivity index (χ3v) is 5.39. The quantitative estimate of drug-likeness (QED) is 0.232. The van der Waals surface area contributed by atoms with E-state index in [9.17, 15) is 14.7 Å². The lowest BCUT2D eigenvalue weighted by Crippen LogP contribution is -2.40. The topological polar surface area (TPSA) is 82.1 Å². The van der Waals surface area contributed by atoms with Crippen molar-refractivity contribution in [1.82, 2.24) is 0 Å². The van der Waals surface area contributed by atoms with Gasteiger partial charge in [0.15, 0.2) is 5.60 Å². The minimum absolute atomic E-state index is 0.117. The number of allylic oxidation sites excluding steroid dienone is 1. The Labute approximate surface area is 182 Å². The molecule has 0 bridgehead atoms. The van der Waals surface area contributed by atoms with Gasteiger partial charge in [-0.25, -0.2) is 4.79 Å². The molecule has 6 heteroatoms. The van der Waals surface area contributed by atoms with Crippen LogP contribution in [-0.2, 0) is 23.8 Å². The number of esters is 2. The summed E-state index contributed by atoms with van der Waals surface area (Å²) in [6, 6.07) is 0. The Bertz CT molecular complexity index is 548. The van der Waals surface area contributed by atoms with Gasteiger partial charge in [0.25, 0.3) is 0 Å².